The molecule has 1 aromatic rings. The SMILES string of the molecule is CN=C(NCc1ccc(C#N)cc1F)NCC1(C(=O)N(C)C)CCCC1.I. The molecule has 148 valence electrons. The van der Waals surface area contributed by atoms with Crippen molar-refractivity contribution in [1.82, 2.24) is 15.5 Å². The number of guanidine groups is 1. The molecule has 2 N–H and O–H groups in total. The fourth-order valence-electron chi connectivity index (χ4n) is 3.41. The van der Waals surface area contributed by atoms with Crippen LogP contribution in [0.15, 0.2) is 23.2 Å². The predicted molar refractivity (Wildman–Crippen MR) is 114 cm³/mol. The van der Waals surface area contributed by atoms with Gasteiger partial charge in [-0.2, -0.15) is 5.26 Å². The highest BCUT2D eigenvalue weighted by Gasteiger charge is 2.42. The number of benzene rings is 1. The molecular weight excluding hydrogens is 460 g/mol. The molecule has 0 aliphatic heterocycles. The molecule has 1 aromatic carbocycles. The van der Waals surface area contributed by atoms with Crippen LogP contribution in [0.1, 0.15) is 36.8 Å². The second-order valence-corrected chi connectivity index (χ2v) is 6.88. The van der Waals surface area contributed by atoms with Crippen molar-refractivity contribution in [3.05, 3.63) is 35.1 Å². The average molecular weight is 487 g/mol. The van der Waals surface area contributed by atoms with Gasteiger partial charge in [0.25, 0.3) is 0 Å². The summed E-state index contributed by atoms with van der Waals surface area (Å²) in [6, 6.07) is 6.30. The van der Waals surface area contributed by atoms with E-state index in [1.165, 1.54) is 6.07 Å². The van der Waals surface area contributed by atoms with Crippen molar-refractivity contribution in [1.29, 1.82) is 5.26 Å². The van der Waals surface area contributed by atoms with Crippen molar-refractivity contribution in [2.24, 2.45) is 10.4 Å². The molecule has 1 aliphatic rings. The second-order valence-electron chi connectivity index (χ2n) is 6.88. The fourth-order valence-corrected chi connectivity index (χ4v) is 3.41. The lowest BCUT2D eigenvalue weighted by Gasteiger charge is -2.31. The van der Waals surface area contributed by atoms with Crippen LogP contribution in [0.2, 0.25) is 0 Å². The van der Waals surface area contributed by atoms with Gasteiger partial charge in [0, 0.05) is 39.8 Å². The van der Waals surface area contributed by atoms with Gasteiger partial charge in [-0.05, 0) is 25.0 Å². The summed E-state index contributed by atoms with van der Waals surface area (Å²) in [5.74, 6) is 0.227. The van der Waals surface area contributed by atoms with Crippen LogP contribution in [0.5, 0.6) is 0 Å². The number of nitrogens with one attached hydrogen (secondary N) is 2. The highest BCUT2D eigenvalue weighted by Crippen LogP contribution is 2.38. The van der Waals surface area contributed by atoms with Crippen LogP contribution in [0.3, 0.4) is 0 Å². The van der Waals surface area contributed by atoms with Gasteiger partial charge < -0.3 is 15.5 Å². The van der Waals surface area contributed by atoms with E-state index in [4.69, 9.17) is 5.26 Å². The Morgan fingerprint density at radius 2 is 2.00 bits per heavy atom. The number of rotatable bonds is 5. The van der Waals surface area contributed by atoms with Crippen LogP contribution in [-0.2, 0) is 11.3 Å². The zero-order valence-corrected chi connectivity index (χ0v) is 18.3. The molecule has 0 spiro atoms. The first-order valence-corrected chi connectivity index (χ1v) is 8.76. The highest BCUT2D eigenvalue weighted by atomic mass is 127. The van der Waals surface area contributed by atoms with Gasteiger partial charge in [0.05, 0.1) is 17.0 Å². The molecule has 0 heterocycles. The van der Waals surface area contributed by atoms with Crippen LogP contribution in [0, 0.1) is 22.6 Å². The molecule has 6 nitrogen and oxygen atoms in total. The van der Waals surface area contributed by atoms with Gasteiger partial charge in [-0.1, -0.05) is 18.9 Å². The zero-order valence-electron chi connectivity index (χ0n) is 16.0. The van der Waals surface area contributed by atoms with Crippen molar-refractivity contribution >= 4 is 35.8 Å². The molecule has 0 aromatic heterocycles. The molecule has 0 bridgehead atoms. The van der Waals surface area contributed by atoms with Crippen LogP contribution in [-0.4, -0.2) is 44.5 Å². The molecule has 2 rings (SSSR count). The van der Waals surface area contributed by atoms with E-state index in [-0.39, 0.29) is 36.4 Å². The topological polar surface area (TPSA) is 80.5 Å². The molecule has 1 amide bonds. The number of carbonyl (C=O) groups excluding carboxylic acids is 1. The first-order valence-electron chi connectivity index (χ1n) is 8.76. The van der Waals surface area contributed by atoms with Crippen LogP contribution < -0.4 is 10.6 Å². The zero-order chi connectivity index (χ0) is 19.2. The molecule has 0 radical (unpaired) electrons. The molecule has 1 fully saturated rings. The maximum atomic E-state index is 14.0. The van der Waals surface area contributed by atoms with Crippen LogP contribution in [0.25, 0.3) is 0 Å². The van der Waals surface area contributed by atoms with E-state index in [2.05, 4.69) is 15.6 Å². The summed E-state index contributed by atoms with van der Waals surface area (Å²) >= 11 is 0. The number of hydrogen-bond acceptors (Lipinski definition) is 3. The van der Waals surface area contributed by atoms with E-state index in [1.807, 2.05) is 6.07 Å². The van der Waals surface area contributed by atoms with Gasteiger partial charge in [-0.25, -0.2) is 4.39 Å². The number of carbonyl (C=O) groups is 1. The van der Waals surface area contributed by atoms with Crippen molar-refractivity contribution in [2.75, 3.05) is 27.7 Å². The minimum Gasteiger partial charge on any atom is -0.355 e. The maximum Gasteiger partial charge on any atom is 0.230 e. The Hall–Kier alpha value is -1.89. The van der Waals surface area contributed by atoms with E-state index in [9.17, 15) is 9.18 Å². The number of amides is 1. The Morgan fingerprint density at radius 1 is 1.33 bits per heavy atom. The Bertz CT molecular complexity index is 723. The van der Waals surface area contributed by atoms with Gasteiger partial charge in [0.15, 0.2) is 5.96 Å². The standard InChI is InChI=1S/C19H26FN5O.HI/c1-22-18(23-12-15-7-6-14(11-21)10-16(15)20)24-13-19(8-4-5-9-19)17(26)25(2)3;/h6-7,10H,4-5,8-9,12-13H2,1-3H3,(H2,22,23,24);1H. The minimum atomic E-state index is -0.429. The second kappa shape index (κ2) is 10.4. The average Bonchev–Trinajstić information content (AvgIpc) is 3.12. The molecule has 27 heavy (non-hydrogen) atoms. The Balaban J connectivity index is 0.00000364. The number of hydrogen-bond donors (Lipinski definition) is 2. The van der Waals surface area contributed by atoms with Crippen molar-refractivity contribution < 1.29 is 9.18 Å². The number of nitriles is 1. The van der Waals surface area contributed by atoms with Gasteiger partial charge in [-0.15, -0.1) is 24.0 Å². The van der Waals surface area contributed by atoms with E-state index in [0.29, 0.717) is 23.6 Å². The lowest BCUT2D eigenvalue weighted by Crippen LogP contribution is -2.49. The van der Waals surface area contributed by atoms with Gasteiger partial charge >= 0.3 is 0 Å². The van der Waals surface area contributed by atoms with E-state index in [0.717, 1.165) is 25.7 Å². The quantitative estimate of drug-likeness (QED) is 0.380. The summed E-state index contributed by atoms with van der Waals surface area (Å²) in [6.07, 6.45) is 3.81. The first-order chi connectivity index (χ1) is 12.4. The largest absolute Gasteiger partial charge is 0.355 e. The number of halogens is 2. The predicted octanol–water partition coefficient (Wildman–Crippen LogP) is 2.63. The smallest absolute Gasteiger partial charge is 0.230 e. The van der Waals surface area contributed by atoms with Crippen molar-refractivity contribution in [3.63, 3.8) is 0 Å². The summed E-state index contributed by atoms with van der Waals surface area (Å²) in [5, 5.41) is 15.1. The molecule has 8 heteroatoms. The Morgan fingerprint density at radius 3 is 2.52 bits per heavy atom. The summed E-state index contributed by atoms with van der Waals surface area (Å²) in [6.45, 7) is 0.741. The normalized spacial score (nSPS) is 15.4. The summed E-state index contributed by atoms with van der Waals surface area (Å²) in [4.78, 5) is 18.4. The molecule has 0 saturated heterocycles. The lowest BCUT2D eigenvalue weighted by atomic mass is 9.84. The summed E-state index contributed by atoms with van der Waals surface area (Å²) < 4.78 is 14.0. The molecule has 0 atom stereocenters. The molecular formula is C19H27FIN5O. The fraction of sp³-hybridized carbons (Fsp3) is 0.526. The molecule has 1 aliphatic carbocycles. The van der Waals surface area contributed by atoms with E-state index < -0.39 is 11.2 Å². The minimum absolute atomic E-state index is 0. The number of nitrogens with zero attached hydrogens (tertiary/aromatic N) is 3. The summed E-state index contributed by atoms with van der Waals surface area (Å²) in [5.41, 5.74) is 0.340. The van der Waals surface area contributed by atoms with Crippen LogP contribution in [0.4, 0.5) is 4.39 Å². The van der Waals surface area contributed by atoms with E-state index in [1.54, 1.807) is 38.2 Å². The summed E-state index contributed by atoms with van der Waals surface area (Å²) in [7, 11) is 5.20. The third kappa shape index (κ3) is 5.79. The Labute approximate surface area is 177 Å². The third-order valence-corrected chi connectivity index (χ3v) is 4.87. The van der Waals surface area contributed by atoms with Gasteiger partial charge in [0.2, 0.25) is 5.91 Å². The molecule has 1 saturated carbocycles. The molecule has 0 unspecified atom stereocenters. The third-order valence-electron chi connectivity index (χ3n) is 4.87. The first kappa shape index (κ1) is 23.1. The van der Waals surface area contributed by atoms with Crippen LogP contribution >= 0.6 is 24.0 Å². The van der Waals surface area contributed by atoms with Crippen molar-refractivity contribution in [2.45, 2.75) is 32.2 Å². The van der Waals surface area contributed by atoms with Crippen molar-refractivity contribution in [3.8, 4) is 6.07 Å². The maximum absolute atomic E-state index is 14.0. The monoisotopic (exact) mass is 487 g/mol. The number of aliphatic imine (C=N–C) groups is 1. The van der Waals surface area contributed by atoms with Gasteiger partial charge in [0.1, 0.15) is 5.82 Å². The lowest BCUT2D eigenvalue weighted by molar-refractivity contribution is -0.138. The van der Waals surface area contributed by atoms with Gasteiger partial charge in [-0.3, -0.25) is 9.79 Å². The Kier molecular flexibility index (Phi) is 8.96. The highest BCUT2D eigenvalue weighted by molar-refractivity contribution is 14.0. The van der Waals surface area contributed by atoms with E-state index >= 15 is 0 Å².